The average molecular weight is 331 g/mol. The van der Waals surface area contributed by atoms with Gasteiger partial charge in [0.1, 0.15) is 4.88 Å². The number of benzene rings is 1. The van der Waals surface area contributed by atoms with Crippen molar-refractivity contribution in [1.29, 1.82) is 0 Å². The quantitative estimate of drug-likeness (QED) is 0.828. The molecule has 0 radical (unpaired) electrons. The van der Waals surface area contributed by atoms with E-state index in [-0.39, 0.29) is 5.91 Å². The van der Waals surface area contributed by atoms with Crippen molar-refractivity contribution in [3.8, 4) is 0 Å². The second-order valence-corrected chi connectivity index (χ2v) is 7.42. The average Bonchev–Trinajstić information content (AvgIpc) is 2.71. The highest BCUT2D eigenvalue weighted by Gasteiger charge is 2.16. The molecular weight excluding hydrogens is 316 g/mol. The molecule has 0 bridgehead atoms. The predicted molar refractivity (Wildman–Crippen MR) is 87.1 cm³/mol. The second-order valence-electron chi connectivity index (χ2n) is 4.37. The number of anilines is 1. The molecule has 0 spiro atoms. The van der Waals surface area contributed by atoms with Gasteiger partial charge in [-0.3, -0.25) is 9.00 Å². The first-order chi connectivity index (χ1) is 9.49. The van der Waals surface area contributed by atoms with Gasteiger partial charge in [-0.2, -0.15) is 0 Å². The van der Waals surface area contributed by atoms with Crippen LogP contribution in [0.1, 0.15) is 16.1 Å². The van der Waals surface area contributed by atoms with Crippen molar-refractivity contribution < 1.29 is 9.00 Å². The number of rotatable bonds is 5. The van der Waals surface area contributed by atoms with Crippen LogP contribution in [0, 0.1) is 0 Å². The van der Waals surface area contributed by atoms with Crippen LogP contribution in [-0.4, -0.2) is 28.7 Å². The second kappa shape index (κ2) is 6.56. The van der Waals surface area contributed by atoms with Gasteiger partial charge in [-0.15, -0.1) is 11.3 Å². The molecule has 1 aromatic heterocycles. The summed E-state index contributed by atoms with van der Waals surface area (Å²) in [5, 5.41) is 4.26. The minimum absolute atomic E-state index is 0.193. The molecule has 0 fully saturated rings. The van der Waals surface area contributed by atoms with Crippen molar-refractivity contribution in [2.24, 2.45) is 0 Å². The van der Waals surface area contributed by atoms with E-state index in [1.165, 1.54) is 11.3 Å². The molecule has 2 aromatic rings. The molecule has 1 amide bonds. The largest absolute Gasteiger partial charge is 0.397 e. The van der Waals surface area contributed by atoms with Gasteiger partial charge in [0, 0.05) is 44.5 Å². The predicted octanol–water partition coefficient (Wildman–Crippen LogP) is 2.64. The van der Waals surface area contributed by atoms with Crippen LogP contribution in [-0.2, 0) is 10.8 Å². The zero-order valence-corrected chi connectivity index (χ0v) is 13.3. The number of carbonyl (C=O) groups excluding carboxylic acids is 1. The highest BCUT2D eigenvalue weighted by Crippen LogP contribution is 2.35. The third-order valence-electron chi connectivity index (χ3n) is 2.79. The maximum atomic E-state index is 12.1. The fourth-order valence-corrected chi connectivity index (χ4v) is 3.68. The van der Waals surface area contributed by atoms with E-state index in [1.54, 1.807) is 18.4 Å². The number of amides is 1. The van der Waals surface area contributed by atoms with Gasteiger partial charge in [0.2, 0.25) is 0 Å². The Morgan fingerprint density at radius 3 is 2.95 bits per heavy atom. The molecule has 0 saturated heterocycles. The summed E-state index contributed by atoms with van der Waals surface area (Å²) in [6.07, 6.45) is 2.33. The molecule has 20 heavy (non-hydrogen) atoms. The Morgan fingerprint density at radius 1 is 1.50 bits per heavy atom. The maximum absolute atomic E-state index is 12.1. The first kappa shape index (κ1) is 15.3. The van der Waals surface area contributed by atoms with Gasteiger partial charge >= 0.3 is 0 Å². The molecule has 0 saturated carbocycles. The lowest BCUT2D eigenvalue weighted by molar-refractivity contribution is 0.0958. The number of nitrogens with one attached hydrogen (secondary N) is 1. The van der Waals surface area contributed by atoms with E-state index < -0.39 is 10.8 Å². The van der Waals surface area contributed by atoms with Gasteiger partial charge < -0.3 is 11.1 Å². The number of nitrogen functional groups attached to an aromatic ring is 1. The van der Waals surface area contributed by atoms with Crippen LogP contribution in [0.3, 0.4) is 0 Å². The number of fused-ring (bicyclic) bond motifs is 1. The van der Waals surface area contributed by atoms with Gasteiger partial charge in [-0.1, -0.05) is 11.6 Å². The molecule has 1 atom stereocenters. The van der Waals surface area contributed by atoms with Crippen LogP contribution >= 0.6 is 22.9 Å². The van der Waals surface area contributed by atoms with Gasteiger partial charge in [0.05, 0.1) is 5.69 Å². The van der Waals surface area contributed by atoms with E-state index in [9.17, 15) is 9.00 Å². The lowest BCUT2D eigenvalue weighted by Crippen LogP contribution is -2.25. The highest BCUT2D eigenvalue weighted by molar-refractivity contribution is 7.84. The van der Waals surface area contributed by atoms with Crippen molar-refractivity contribution in [3.05, 3.63) is 28.1 Å². The lowest BCUT2D eigenvalue weighted by atomic mass is 10.2. The van der Waals surface area contributed by atoms with Crippen molar-refractivity contribution in [2.45, 2.75) is 6.42 Å². The van der Waals surface area contributed by atoms with Crippen LogP contribution in [0.5, 0.6) is 0 Å². The molecular formula is C13H15ClN2O2S2. The Bertz CT molecular complexity index is 670. The zero-order chi connectivity index (χ0) is 14.7. The van der Waals surface area contributed by atoms with Crippen molar-refractivity contribution >= 4 is 55.4 Å². The number of hydrogen-bond acceptors (Lipinski definition) is 4. The smallest absolute Gasteiger partial charge is 0.263 e. The van der Waals surface area contributed by atoms with Gasteiger partial charge in [-0.25, -0.2) is 0 Å². The molecule has 108 valence electrons. The number of halogens is 1. The van der Waals surface area contributed by atoms with Crippen LogP contribution in [0.25, 0.3) is 10.1 Å². The van der Waals surface area contributed by atoms with Crippen LogP contribution in [0.15, 0.2) is 18.2 Å². The summed E-state index contributed by atoms with van der Waals surface area (Å²) in [6.45, 7) is 0.493. The fraction of sp³-hybridized carbons (Fsp3) is 0.308. The highest BCUT2D eigenvalue weighted by atomic mass is 35.5. The first-order valence-electron chi connectivity index (χ1n) is 6.05. The van der Waals surface area contributed by atoms with E-state index >= 15 is 0 Å². The van der Waals surface area contributed by atoms with E-state index in [4.69, 9.17) is 17.3 Å². The number of hydrogen-bond donors (Lipinski definition) is 2. The third kappa shape index (κ3) is 3.50. The number of thiophene rings is 1. The third-order valence-corrected chi connectivity index (χ3v) is 5.06. The topological polar surface area (TPSA) is 72.2 Å². The Labute approximate surface area is 128 Å². The van der Waals surface area contributed by atoms with Crippen molar-refractivity contribution in [2.75, 3.05) is 24.3 Å². The van der Waals surface area contributed by atoms with E-state index in [0.29, 0.717) is 34.3 Å². The number of carbonyl (C=O) groups is 1. The molecule has 0 aliphatic carbocycles. The summed E-state index contributed by atoms with van der Waals surface area (Å²) in [4.78, 5) is 12.6. The molecule has 1 aromatic carbocycles. The molecule has 1 heterocycles. The minimum Gasteiger partial charge on any atom is -0.397 e. The van der Waals surface area contributed by atoms with E-state index in [1.807, 2.05) is 6.07 Å². The van der Waals surface area contributed by atoms with Gasteiger partial charge in [0.25, 0.3) is 5.91 Å². The van der Waals surface area contributed by atoms with Crippen LogP contribution in [0.2, 0.25) is 5.02 Å². The molecule has 3 N–H and O–H groups in total. The van der Waals surface area contributed by atoms with Crippen molar-refractivity contribution in [1.82, 2.24) is 5.32 Å². The molecule has 0 aliphatic rings. The van der Waals surface area contributed by atoms with E-state index in [0.717, 1.165) is 10.1 Å². The zero-order valence-electron chi connectivity index (χ0n) is 10.9. The first-order valence-corrected chi connectivity index (χ1v) is 8.97. The monoisotopic (exact) mass is 330 g/mol. The molecule has 2 rings (SSSR count). The molecule has 4 nitrogen and oxygen atoms in total. The fourth-order valence-electron chi connectivity index (χ4n) is 1.82. The number of nitrogens with two attached hydrogens (primary N) is 1. The normalized spacial score (nSPS) is 12.5. The molecule has 1 unspecified atom stereocenters. The summed E-state index contributed by atoms with van der Waals surface area (Å²) in [5.41, 5.74) is 6.48. The van der Waals surface area contributed by atoms with Gasteiger partial charge in [0.15, 0.2) is 0 Å². The molecule has 7 heteroatoms. The van der Waals surface area contributed by atoms with E-state index in [2.05, 4.69) is 5.32 Å². The summed E-state index contributed by atoms with van der Waals surface area (Å²) < 4.78 is 11.8. The summed E-state index contributed by atoms with van der Waals surface area (Å²) >= 11 is 7.26. The Kier molecular flexibility index (Phi) is 5.01. The van der Waals surface area contributed by atoms with Crippen molar-refractivity contribution in [3.63, 3.8) is 0 Å². The Morgan fingerprint density at radius 2 is 2.25 bits per heavy atom. The standard InChI is InChI=1S/C13H15ClN2O2S2/c1-20(18)6-2-5-16-13(17)12-11(15)9-4-3-8(14)7-10(9)19-12/h3-4,7H,2,5-6,15H2,1H3,(H,16,17). The summed E-state index contributed by atoms with van der Waals surface area (Å²) in [5.74, 6) is 0.388. The minimum atomic E-state index is -0.832. The SMILES string of the molecule is CS(=O)CCCNC(=O)c1sc2cc(Cl)ccc2c1N. The molecule has 0 aliphatic heterocycles. The Balaban J connectivity index is 2.10. The lowest BCUT2D eigenvalue weighted by Gasteiger charge is -2.03. The van der Waals surface area contributed by atoms with Gasteiger partial charge in [-0.05, 0) is 24.6 Å². The summed E-state index contributed by atoms with van der Waals surface area (Å²) in [6, 6.07) is 5.38. The van der Waals surface area contributed by atoms with Crippen LogP contribution < -0.4 is 11.1 Å². The Hall–Kier alpha value is -1.11. The van der Waals surface area contributed by atoms with Crippen LogP contribution in [0.4, 0.5) is 5.69 Å². The summed E-state index contributed by atoms with van der Waals surface area (Å²) in [7, 11) is -0.832. The maximum Gasteiger partial charge on any atom is 0.263 e.